The Labute approximate surface area is 112 Å². The van der Waals surface area contributed by atoms with Crippen molar-refractivity contribution in [3.05, 3.63) is 34.3 Å². The van der Waals surface area contributed by atoms with Crippen molar-refractivity contribution in [2.24, 2.45) is 0 Å². The third kappa shape index (κ3) is 2.85. The number of benzene rings is 1. The average molecular weight is 268 g/mol. The summed E-state index contributed by atoms with van der Waals surface area (Å²) < 4.78 is 0. The summed E-state index contributed by atoms with van der Waals surface area (Å²) in [5.41, 5.74) is 1.36. The van der Waals surface area contributed by atoms with E-state index < -0.39 is 6.10 Å². The maximum Gasteiger partial charge on any atom is 0.253 e. The van der Waals surface area contributed by atoms with Crippen LogP contribution in [0, 0.1) is 6.92 Å². The zero-order valence-electron chi connectivity index (χ0n) is 10.4. The van der Waals surface area contributed by atoms with Crippen LogP contribution < -0.4 is 5.32 Å². The molecule has 0 heterocycles. The normalized spacial score (nSPS) is 23.7. The van der Waals surface area contributed by atoms with Gasteiger partial charge in [0.15, 0.2) is 0 Å². The first-order chi connectivity index (χ1) is 8.59. The molecule has 0 radical (unpaired) electrons. The summed E-state index contributed by atoms with van der Waals surface area (Å²) in [6, 6.07) is 5.24. The maximum atomic E-state index is 12.1. The summed E-state index contributed by atoms with van der Waals surface area (Å²) in [7, 11) is 0. The van der Waals surface area contributed by atoms with Crippen LogP contribution in [0.3, 0.4) is 0 Å². The topological polar surface area (TPSA) is 49.3 Å². The van der Waals surface area contributed by atoms with Crippen LogP contribution in [0.15, 0.2) is 18.2 Å². The fourth-order valence-corrected chi connectivity index (χ4v) is 2.56. The van der Waals surface area contributed by atoms with E-state index >= 15 is 0 Å². The minimum atomic E-state index is -0.439. The zero-order chi connectivity index (χ0) is 13.1. The minimum absolute atomic E-state index is 0.150. The third-order valence-electron chi connectivity index (χ3n) is 3.48. The summed E-state index contributed by atoms with van der Waals surface area (Å²) in [5.74, 6) is -0.199. The first-order valence-electron chi connectivity index (χ1n) is 6.33. The Morgan fingerprint density at radius 1 is 1.39 bits per heavy atom. The van der Waals surface area contributed by atoms with Gasteiger partial charge in [0.05, 0.1) is 22.7 Å². The van der Waals surface area contributed by atoms with Gasteiger partial charge in [0.2, 0.25) is 0 Å². The molecule has 2 unspecified atom stereocenters. The molecule has 0 bridgehead atoms. The van der Waals surface area contributed by atoms with Gasteiger partial charge in [-0.1, -0.05) is 36.6 Å². The van der Waals surface area contributed by atoms with Crippen molar-refractivity contribution in [2.45, 2.75) is 44.8 Å². The van der Waals surface area contributed by atoms with Gasteiger partial charge < -0.3 is 10.4 Å². The van der Waals surface area contributed by atoms with Crippen LogP contribution in [-0.2, 0) is 0 Å². The second-order valence-corrected chi connectivity index (χ2v) is 5.25. The van der Waals surface area contributed by atoms with Crippen LogP contribution in [0.25, 0.3) is 0 Å². The Bertz CT molecular complexity index is 447. The molecule has 4 heteroatoms. The summed E-state index contributed by atoms with van der Waals surface area (Å²) in [5, 5.41) is 13.2. The molecular weight excluding hydrogens is 250 g/mol. The van der Waals surface area contributed by atoms with Crippen molar-refractivity contribution < 1.29 is 9.90 Å². The monoisotopic (exact) mass is 267 g/mol. The molecule has 1 amide bonds. The first-order valence-corrected chi connectivity index (χ1v) is 6.71. The smallest absolute Gasteiger partial charge is 0.253 e. The third-order valence-corrected chi connectivity index (χ3v) is 3.98. The van der Waals surface area contributed by atoms with Crippen LogP contribution in [0.4, 0.5) is 0 Å². The molecule has 0 saturated heterocycles. The van der Waals surface area contributed by atoms with E-state index in [-0.39, 0.29) is 11.9 Å². The van der Waals surface area contributed by atoms with Crippen molar-refractivity contribution in [3.63, 3.8) is 0 Å². The van der Waals surface area contributed by atoms with Crippen molar-refractivity contribution in [1.29, 1.82) is 0 Å². The van der Waals surface area contributed by atoms with Crippen LogP contribution >= 0.6 is 11.6 Å². The molecule has 2 N–H and O–H groups in total. The zero-order valence-corrected chi connectivity index (χ0v) is 11.2. The number of rotatable bonds is 2. The highest BCUT2D eigenvalue weighted by Crippen LogP contribution is 2.22. The van der Waals surface area contributed by atoms with Crippen LogP contribution in [-0.4, -0.2) is 23.2 Å². The summed E-state index contributed by atoms with van der Waals surface area (Å²) in [4.78, 5) is 12.1. The maximum absolute atomic E-state index is 12.1. The molecular formula is C14H18ClNO2. The van der Waals surface area contributed by atoms with E-state index in [1.807, 2.05) is 19.1 Å². The SMILES string of the molecule is Cc1cccc(C(=O)NC2CCCCC2O)c1Cl. The highest BCUT2D eigenvalue weighted by atomic mass is 35.5. The van der Waals surface area contributed by atoms with Gasteiger partial charge in [0.25, 0.3) is 5.91 Å². The van der Waals surface area contributed by atoms with Crippen molar-refractivity contribution in [3.8, 4) is 0 Å². The molecule has 0 spiro atoms. The molecule has 18 heavy (non-hydrogen) atoms. The molecule has 0 aromatic heterocycles. The lowest BCUT2D eigenvalue weighted by Crippen LogP contribution is -2.45. The van der Waals surface area contributed by atoms with Crippen molar-refractivity contribution >= 4 is 17.5 Å². The Hall–Kier alpha value is -1.06. The van der Waals surface area contributed by atoms with E-state index in [0.29, 0.717) is 10.6 Å². The number of carbonyl (C=O) groups excluding carboxylic acids is 1. The van der Waals surface area contributed by atoms with E-state index in [9.17, 15) is 9.90 Å². The van der Waals surface area contributed by atoms with Crippen molar-refractivity contribution in [2.75, 3.05) is 0 Å². The fourth-order valence-electron chi connectivity index (χ4n) is 2.35. The molecule has 3 nitrogen and oxygen atoms in total. The Morgan fingerprint density at radius 3 is 2.83 bits per heavy atom. The number of amides is 1. The minimum Gasteiger partial charge on any atom is -0.391 e. The molecule has 1 aliphatic rings. The number of nitrogens with one attached hydrogen (secondary N) is 1. The van der Waals surface area contributed by atoms with Gasteiger partial charge in [-0.2, -0.15) is 0 Å². The molecule has 2 rings (SSSR count). The van der Waals surface area contributed by atoms with Gasteiger partial charge in [0.1, 0.15) is 0 Å². The molecule has 1 fully saturated rings. The lowest BCUT2D eigenvalue weighted by Gasteiger charge is -2.28. The van der Waals surface area contributed by atoms with Gasteiger partial charge in [-0.05, 0) is 31.4 Å². The summed E-state index contributed by atoms with van der Waals surface area (Å²) >= 11 is 6.12. The lowest BCUT2D eigenvalue weighted by molar-refractivity contribution is 0.0717. The second kappa shape index (κ2) is 5.72. The van der Waals surface area contributed by atoms with Crippen molar-refractivity contribution in [1.82, 2.24) is 5.32 Å². The predicted molar refractivity (Wildman–Crippen MR) is 71.9 cm³/mol. The molecule has 1 aromatic rings. The Balaban J connectivity index is 2.09. The Kier molecular flexibility index (Phi) is 4.25. The predicted octanol–water partition coefficient (Wildman–Crippen LogP) is 2.68. The fraction of sp³-hybridized carbons (Fsp3) is 0.500. The van der Waals surface area contributed by atoms with E-state index in [1.54, 1.807) is 6.07 Å². The molecule has 1 aromatic carbocycles. The van der Waals surface area contributed by atoms with Crippen LogP contribution in [0.5, 0.6) is 0 Å². The number of aliphatic hydroxyl groups is 1. The first kappa shape index (κ1) is 13.4. The van der Waals surface area contributed by atoms with Crippen LogP contribution in [0.2, 0.25) is 5.02 Å². The molecule has 98 valence electrons. The summed E-state index contributed by atoms with van der Waals surface area (Å²) in [6.07, 6.45) is 3.22. The number of hydrogen-bond donors (Lipinski definition) is 2. The highest BCUT2D eigenvalue weighted by Gasteiger charge is 2.25. The van der Waals surface area contributed by atoms with E-state index in [0.717, 1.165) is 31.2 Å². The van der Waals surface area contributed by atoms with Gasteiger partial charge in [-0.15, -0.1) is 0 Å². The number of aliphatic hydroxyl groups excluding tert-OH is 1. The standard InChI is InChI=1S/C14H18ClNO2/c1-9-5-4-6-10(13(9)15)14(18)16-11-7-2-3-8-12(11)17/h4-6,11-12,17H,2-3,7-8H2,1H3,(H,16,18). The van der Waals surface area contributed by atoms with E-state index in [2.05, 4.69) is 5.32 Å². The number of halogens is 1. The summed E-state index contributed by atoms with van der Waals surface area (Å²) in [6.45, 7) is 1.87. The van der Waals surface area contributed by atoms with Crippen LogP contribution in [0.1, 0.15) is 41.6 Å². The van der Waals surface area contributed by atoms with E-state index in [1.165, 1.54) is 0 Å². The van der Waals surface area contributed by atoms with Gasteiger partial charge in [-0.25, -0.2) is 0 Å². The highest BCUT2D eigenvalue weighted by molar-refractivity contribution is 6.34. The largest absolute Gasteiger partial charge is 0.391 e. The quantitative estimate of drug-likeness (QED) is 0.866. The number of aryl methyl sites for hydroxylation is 1. The Morgan fingerprint density at radius 2 is 2.11 bits per heavy atom. The number of hydrogen-bond acceptors (Lipinski definition) is 2. The molecule has 1 saturated carbocycles. The van der Waals surface area contributed by atoms with E-state index in [4.69, 9.17) is 11.6 Å². The average Bonchev–Trinajstić information content (AvgIpc) is 2.35. The molecule has 2 atom stereocenters. The van der Waals surface area contributed by atoms with Gasteiger partial charge in [-0.3, -0.25) is 4.79 Å². The molecule has 0 aliphatic heterocycles. The number of carbonyl (C=O) groups is 1. The van der Waals surface area contributed by atoms with Gasteiger partial charge >= 0.3 is 0 Å². The lowest BCUT2D eigenvalue weighted by atomic mass is 9.92. The molecule has 1 aliphatic carbocycles. The second-order valence-electron chi connectivity index (χ2n) is 4.87. The van der Waals surface area contributed by atoms with Gasteiger partial charge in [0, 0.05) is 0 Å².